The normalized spacial score (nSPS) is 13.0. The van der Waals surface area contributed by atoms with Crippen LogP contribution >= 0.6 is 0 Å². The predicted octanol–water partition coefficient (Wildman–Crippen LogP) is 3.86. The van der Waals surface area contributed by atoms with Crippen molar-refractivity contribution in [2.75, 3.05) is 13.0 Å². The Balaban J connectivity index is 2.16. The molecule has 0 saturated heterocycles. The number of rotatable bonds is 5. The molecule has 3 aromatic rings. The highest BCUT2D eigenvalue weighted by atomic mass is 32.2. The Morgan fingerprint density at radius 1 is 1.17 bits per heavy atom. The summed E-state index contributed by atoms with van der Waals surface area (Å²) in [6.07, 6.45) is 0.883. The molecule has 0 saturated carbocycles. The second-order valence-corrected chi connectivity index (χ2v) is 8.50. The number of ether oxygens (including phenoxy) is 2. The van der Waals surface area contributed by atoms with Gasteiger partial charge < -0.3 is 14.6 Å². The number of carbonyl (C=O) groups is 1. The highest BCUT2D eigenvalue weighted by molar-refractivity contribution is 7.85. The Morgan fingerprint density at radius 3 is 2.50 bits per heavy atom. The van der Waals surface area contributed by atoms with E-state index < -0.39 is 28.5 Å². The standard InChI is InChI=1S/C21H17FO7S/c1-11-14-7-8-16-20(28-10-27-16)19(14)18(12-3-5-13(22)6-4-12)15(17(11)21(23)24)9-29-30(2,25)26/h3-8H,9-10H2,1-2H3,(H,23,24). The van der Waals surface area contributed by atoms with Crippen LogP contribution in [0.15, 0.2) is 36.4 Å². The number of hydrogen-bond donors (Lipinski definition) is 1. The molecule has 0 aliphatic carbocycles. The maximum absolute atomic E-state index is 13.6. The molecule has 1 N–H and O–H groups in total. The largest absolute Gasteiger partial charge is 0.478 e. The third-order valence-electron chi connectivity index (χ3n) is 4.94. The van der Waals surface area contributed by atoms with E-state index >= 15 is 0 Å². The van der Waals surface area contributed by atoms with Gasteiger partial charge >= 0.3 is 5.97 Å². The number of carboxylic acids is 1. The quantitative estimate of drug-likeness (QED) is 0.611. The van der Waals surface area contributed by atoms with Gasteiger partial charge in [0.2, 0.25) is 6.79 Å². The first-order chi connectivity index (χ1) is 14.2. The van der Waals surface area contributed by atoms with Crippen LogP contribution in [0.25, 0.3) is 21.9 Å². The molecule has 0 amide bonds. The molecule has 30 heavy (non-hydrogen) atoms. The maximum Gasteiger partial charge on any atom is 0.336 e. The van der Waals surface area contributed by atoms with Crippen LogP contribution in [0.1, 0.15) is 21.5 Å². The lowest BCUT2D eigenvalue weighted by Crippen LogP contribution is -2.12. The minimum atomic E-state index is -3.86. The molecule has 0 unspecified atom stereocenters. The fourth-order valence-corrected chi connectivity index (χ4v) is 4.04. The van der Waals surface area contributed by atoms with Gasteiger partial charge in [0.05, 0.1) is 18.4 Å². The summed E-state index contributed by atoms with van der Waals surface area (Å²) >= 11 is 0. The molecule has 1 aliphatic rings. The molecule has 0 atom stereocenters. The van der Waals surface area contributed by atoms with E-state index in [0.717, 1.165) is 6.26 Å². The van der Waals surface area contributed by atoms with E-state index in [0.29, 0.717) is 39.0 Å². The number of aromatic carboxylic acids is 1. The summed E-state index contributed by atoms with van der Waals surface area (Å²) in [6.45, 7) is 1.12. The summed E-state index contributed by atoms with van der Waals surface area (Å²) in [4.78, 5) is 12.2. The minimum Gasteiger partial charge on any atom is -0.478 e. The molecular weight excluding hydrogens is 415 g/mol. The minimum absolute atomic E-state index is 0.00773. The lowest BCUT2D eigenvalue weighted by molar-refractivity contribution is 0.0693. The molecule has 3 aromatic carbocycles. The second-order valence-electron chi connectivity index (χ2n) is 6.85. The van der Waals surface area contributed by atoms with Crippen LogP contribution in [0, 0.1) is 12.7 Å². The van der Waals surface area contributed by atoms with Gasteiger partial charge in [-0.25, -0.2) is 9.18 Å². The smallest absolute Gasteiger partial charge is 0.336 e. The highest BCUT2D eigenvalue weighted by Gasteiger charge is 2.28. The fourth-order valence-electron chi connectivity index (χ4n) is 3.70. The lowest BCUT2D eigenvalue weighted by Gasteiger charge is -2.20. The summed E-state index contributed by atoms with van der Waals surface area (Å²) in [5.41, 5.74) is 1.37. The van der Waals surface area contributed by atoms with Gasteiger partial charge in [-0.2, -0.15) is 8.42 Å². The van der Waals surface area contributed by atoms with Crippen LogP contribution in [0.4, 0.5) is 4.39 Å². The SMILES string of the molecule is Cc1c(C(=O)O)c(COS(C)(=O)=O)c(-c2ccc(F)cc2)c2c3c(ccc12)OCO3. The molecule has 156 valence electrons. The summed E-state index contributed by atoms with van der Waals surface area (Å²) in [5.74, 6) is -0.814. The first-order valence-electron chi connectivity index (χ1n) is 8.88. The van der Waals surface area contributed by atoms with E-state index in [-0.39, 0.29) is 17.9 Å². The van der Waals surface area contributed by atoms with Crippen LogP contribution in [0.5, 0.6) is 11.5 Å². The Hall–Kier alpha value is -3.17. The lowest BCUT2D eigenvalue weighted by atomic mass is 9.86. The van der Waals surface area contributed by atoms with E-state index in [1.54, 1.807) is 19.1 Å². The summed E-state index contributed by atoms with van der Waals surface area (Å²) in [6, 6.07) is 8.87. The van der Waals surface area contributed by atoms with Gasteiger partial charge in [-0.15, -0.1) is 0 Å². The van der Waals surface area contributed by atoms with E-state index in [4.69, 9.17) is 13.7 Å². The monoisotopic (exact) mass is 432 g/mol. The van der Waals surface area contributed by atoms with E-state index in [9.17, 15) is 22.7 Å². The first-order valence-corrected chi connectivity index (χ1v) is 10.7. The number of halogens is 1. The van der Waals surface area contributed by atoms with Crippen molar-refractivity contribution in [3.8, 4) is 22.6 Å². The number of hydrogen-bond acceptors (Lipinski definition) is 6. The molecule has 9 heteroatoms. The van der Waals surface area contributed by atoms with Crippen LogP contribution in [-0.4, -0.2) is 32.5 Å². The number of benzene rings is 3. The van der Waals surface area contributed by atoms with Crippen molar-refractivity contribution in [2.45, 2.75) is 13.5 Å². The van der Waals surface area contributed by atoms with Gasteiger partial charge in [0.15, 0.2) is 11.5 Å². The van der Waals surface area contributed by atoms with E-state index in [1.807, 2.05) is 0 Å². The Morgan fingerprint density at radius 2 is 1.87 bits per heavy atom. The van der Waals surface area contributed by atoms with Crippen molar-refractivity contribution >= 4 is 26.9 Å². The van der Waals surface area contributed by atoms with Crippen molar-refractivity contribution in [3.05, 3.63) is 58.9 Å². The molecular formula is C21H17FO7S. The average Bonchev–Trinajstić information content (AvgIpc) is 3.15. The van der Waals surface area contributed by atoms with Crippen LogP contribution in [0.2, 0.25) is 0 Å². The third-order valence-corrected chi connectivity index (χ3v) is 5.48. The summed E-state index contributed by atoms with van der Waals surface area (Å²) in [5, 5.41) is 11.1. The molecule has 7 nitrogen and oxygen atoms in total. The first kappa shape index (κ1) is 20.1. The van der Waals surface area contributed by atoms with E-state index in [1.165, 1.54) is 24.3 Å². The molecule has 0 radical (unpaired) electrons. The van der Waals surface area contributed by atoms with Gasteiger partial charge in [-0.05, 0) is 47.2 Å². The van der Waals surface area contributed by atoms with Crippen molar-refractivity contribution in [3.63, 3.8) is 0 Å². The zero-order chi connectivity index (χ0) is 21.6. The van der Waals surface area contributed by atoms with E-state index in [2.05, 4.69) is 0 Å². The summed E-state index contributed by atoms with van der Waals surface area (Å²) < 4.78 is 53.0. The van der Waals surface area contributed by atoms with Gasteiger partial charge in [-0.3, -0.25) is 4.18 Å². The molecule has 1 aliphatic heterocycles. The fraction of sp³-hybridized carbons (Fsp3) is 0.190. The van der Waals surface area contributed by atoms with Crippen LogP contribution in [0.3, 0.4) is 0 Å². The third kappa shape index (κ3) is 3.46. The molecule has 1 heterocycles. The van der Waals surface area contributed by atoms with Crippen molar-refractivity contribution in [1.82, 2.24) is 0 Å². The molecule has 0 aromatic heterocycles. The molecule has 4 rings (SSSR count). The number of fused-ring (bicyclic) bond motifs is 3. The van der Waals surface area contributed by atoms with Gasteiger partial charge in [0.1, 0.15) is 5.82 Å². The molecule has 0 bridgehead atoms. The topological polar surface area (TPSA) is 99.1 Å². The number of carboxylic acid groups (broad SMARTS) is 1. The molecule has 0 fully saturated rings. The summed E-state index contributed by atoms with van der Waals surface area (Å²) in [7, 11) is -3.86. The van der Waals surface area contributed by atoms with Crippen molar-refractivity contribution in [2.24, 2.45) is 0 Å². The molecule has 0 spiro atoms. The highest BCUT2D eigenvalue weighted by Crippen LogP contribution is 2.47. The van der Waals surface area contributed by atoms with Gasteiger partial charge in [0, 0.05) is 10.9 Å². The van der Waals surface area contributed by atoms with Gasteiger partial charge in [0.25, 0.3) is 10.1 Å². The average molecular weight is 432 g/mol. The van der Waals surface area contributed by atoms with Crippen LogP contribution < -0.4 is 9.47 Å². The van der Waals surface area contributed by atoms with Gasteiger partial charge in [-0.1, -0.05) is 18.2 Å². The van der Waals surface area contributed by atoms with Crippen LogP contribution in [-0.2, 0) is 20.9 Å². The number of aryl methyl sites for hydroxylation is 1. The Kier molecular flexibility index (Phi) is 4.87. The van der Waals surface area contributed by atoms with Crippen molar-refractivity contribution in [1.29, 1.82) is 0 Å². The predicted molar refractivity (Wildman–Crippen MR) is 107 cm³/mol. The Bertz CT molecular complexity index is 1280. The zero-order valence-corrected chi connectivity index (χ0v) is 16.9. The second kappa shape index (κ2) is 7.26. The zero-order valence-electron chi connectivity index (χ0n) is 16.1. The maximum atomic E-state index is 13.6. The van der Waals surface area contributed by atoms with Crippen molar-refractivity contribution < 1.29 is 36.4 Å². The Labute approximate surface area is 171 Å².